The van der Waals surface area contributed by atoms with Gasteiger partial charge in [0.2, 0.25) is 15.9 Å². The molecule has 3 aliphatic heterocycles. The highest BCUT2D eigenvalue weighted by molar-refractivity contribution is 7.89. The second-order valence-corrected chi connectivity index (χ2v) is 11.5. The average Bonchev–Trinajstić information content (AvgIpc) is 3.34. The monoisotopic (exact) mass is 556 g/mol. The SMILES string of the molecule is O=C1CCCN1c1ccc(S(=O)(=O)N2CCN(c3cc(C(F)(F)[C@@H]4COCCO4)cc(Cl)n3)CC2)cc1. The Morgan fingerprint density at radius 1 is 1.03 bits per heavy atom. The normalized spacial score (nSPS) is 22.0. The molecule has 37 heavy (non-hydrogen) atoms. The van der Waals surface area contributed by atoms with E-state index in [4.69, 9.17) is 21.1 Å². The number of pyridine rings is 1. The van der Waals surface area contributed by atoms with Gasteiger partial charge in [-0.3, -0.25) is 4.79 Å². The number of aromatic nitrogens is 1. The van der Waals surface area contributed by atoms with Crippen LogP contribution in [0.3, 0.4) is 0 Å². The van der Waals surface area contributed by atoms with Crippen LogP contribution in [0.5, 0.6) is 0 Å². The van der Waals surface area contributed by atoms with Crippen molar-refractivity contribution in [2.45, 2.75) is 29.8 Å². The van der Waals surface area contributed by atoms with Gasteiger partial charge < -0.3 is 19.3 Å². The van der Waals surface area contributed by atoms with Crippen LogP contribution in [0.2, 0.25) is 5.15 Å². The van der Waals surface area contributed by atoms with Gasteiger partial charge in [0.15, 0.2) is 0 Å². The summed E-state index contributed by atoms with van der Waals surface area (Å²) < 4.78 is 68.3. The van der Waals surface area contributed by atoms with Gasteiger partial charge in [0, 0.05) is 50.4 Å². The quantitative estimate of drug-likeness (QED) is 0.505. The van der Waals surface area contributed by atoms with Crippen LogP contribution in [0.1, 0.15) is 18.4 Å². The van der Waals surface area contributed by atoms with E-state index >= 15 is 8.78 Å². The van der Waals surface area contributed by atoms with Gasteiger partial charge >= 0.3 is 5.92 Å². The maximum Gasteiger partial charge on any atom is 0.301 e. The van der Waals surface area contributed by atoms with Gasteiger partial charge in [-0.15, -0.1) is 0 Å². The Balaban J connectivity index is 1.27. The number of nitrogens with zero attached hydrogens (tertiary/aromatic N) is 4. The highest BCUT2D eigenvalue weighted by Gasteiger charge is 2.44. The van der Waals surface area contributed by atoms with Gasteiger partial charge in [0.25, 0.3) is 0 Å². The molecule has 0 bridgehead atoms. The number of halogens is 3. The first-order valence-electron chi connectivity index (χ1n) is 12.1. The fourth-order valence-electron chi connectivity index (χ4n) is 4.75. The van der Waals surface area contributed by atoms with Gasteiger partial charge in [0.05, 0.1) is 24.7 Å². The van der Waals surface area contributed by atoms with E-state index in [0.29, 0.717) is 18.7 Å². The number of sulfonamides is 1. The van der Waals surface area contributed by atoms with Crippen LogP contribution < -0.4 is 9.80 Å². The molecule has 0 saturated carbocycles. The molecule has 3 fully saturated rings. The number of rotatable bonds is 6. The Kier molecular flexibility index (Phi) is 7.38. The van der Waals surface area contributed by atoms with Crippen LogP contribution in [-0.2, 0) is 30.2 Å². The smallest absolute Gasteiger partial charge is 0.301 e. The maximum absolute atomic E-state index is 15.1. The molecule has 0 unspecified atom stereocenters. The highest BCUT2D eigenvalue weighted by Crippen LogP contribution is 2.37. The second-order valence-electron chi connectivity index (χ2n) is 9.13. The summed E-state index contributed by atoms with van der Waals surface area (Å²) in [5.74, 6) is -3.06. The number of hydrogen-bond acceptors (Lipinski definition) is 7. The summed E-state index contributed by atoms with van der Waals surface area (Å²) in [4.78, 5) is 19.7. The van der Waals surface area contributed by atoms with Gasteiger partial charge in [-0.25, -0.2) is 13.4 Å². The second kappa shape index (κ2) is 10.4. The van der Waals surface area contributed by atoms with Crippen LogP contribution in [0.25, 0.3) is 0 Å². The molecule has 2 aromatic rings. The Morgan fingerprint density at radius 2 is 1.76 bits per heavy atom. The van der Waals surface area contributed by atoms with E-state index in [1.807, 2.05) is 0 Å². The molecule has 0 aliphatic carbocycles. The number of alkyl halides is 2. The zero-order chi connectivity index (χ0) is 26.2. The average molecular weight is 557 g/mol. The molecule has 1 atom stereocenters. The minimum absolute atomic E-state index is 0.0295. The van der Waals surface area contributed by atoms with E-state index in [1.54, 1.807) is 21.9 Å². The van der Waals surface area contributed by atoms with E-state index in [9.17, 15) is 13.2 Å². The van der Waals surface area contributed by atoms with Crippen LogP contribution in [0, 0.1) is 0 Å². The van der Waals surface area contributed by atoms with E-state index in [1.165, 1.54) is 22.5 Å². The minimum atomic E-state index is -3.77. The highest BCUT2D eigenvalue weighted by atomic mass is 35.5. The number of carbonyl (C=O) groups is 1. The molecule has 0 N–H and O–H groups in total. The van der Waals surface area contributed by atoms with Gasteiger partial charge in [-0.2, -0.15) is 13.1 Å². The lowest BCUT2D eigenvalue weighted by Gasteiger charge is -2.35. The van der Waals surface area contributed by atoms with Crippen molar-refractivity contribution in [2.24, 2.45) is 0 Å². The Morgan fingerprint density at radius 3 is 2.38 bits per heavy atom. The number of piperazine rings is 1. The number of hydrogen-bond donors (Lipinski definition) is 0. The van der Waals surface area contributed by atoms with Crippen molar-refractivity contribution in [1.82, 2.24) is 9.29 Å². The Hall–Kier alpha value is -2.38. The van der Waals surface area contributed by atoms with Crippen LogP contribution in [0.4, 0.5) is 20.3 Å². The van der Waals surface area contributed by atoms with E-state index in [0.717, 1.165) is 12.5 Å². The van der Waals surface area contributed by atoms with Crippen molar-refractivity contribution >= 4 is 39.0 Å². The Bertz CT molecular complexity index is 1250. The predicted molar refractivity (Wildman–Crippen MR) is 133 cm³/mol. The first-order chi connectivity index (χ1) is 17.7. The molecule has 3 aliphatic rings. The summed E-state index contributed by atoms with van der Waals surface area (Å²) in [6, 6.07) is 8.69. The van der Waals surface area contributed by atoms with Crippen molar-refractivity contribution in [3.8, 4) is 0 Å². The lowest BCUT2D eigenvalue weighted by atomic mass is 10.0. The molecule has 9 nitrogen and oxygen atoms in total. The molecule has 1 amide bonds. The van der Waals surface area contributed by atoms with Crippen molar-refractivity contribution in [2.75, 3.05) is 62.3 Å². The standard InChI is InChI=1S/C24H27ClF2N4O5S/c25-21-14-17(24(26,27)20-16-35-12-13-36-20)15-22(28-21)29-8-10-30(11-9-29)37(33,34)19-5-3-18(4-6-19)31-7-1-2-23(31)32/h3-6,14-15,20H,1-2,7-13,16H2/t20-/m0/s1. The van der Waals surface area contributed by atoms with Crippen molar-refractivity contribution in [3.63, 3.8) is 0 Å². The zero-order valence-corrected chi connectivity index (χ0v) is 21.6. The zero-order valence-electron chi connectivity index (χ0n) is 20.0. The number of anilines is 2. The first kappa shape index (κ1) is 26.2. The molecule has 0 spiro atoms. The summed E-state index contributed by atoms with van der Waals surface area (Å²) >= 11 is 6.09. The molecule has 5 rings (SSSR count). The molecular weight excluding hydrogens is 530 g/mol. The molecule has 13 heteroatoms. The van der Waals surface area contributed by atoms with E-state index < -0.39 is 22.0 Å². The molecule has 3 saturated heterocycles. The van der Waals surface area contributed by atoms with E-state index in [-0.39, 0.29) is 73.3 Å². The predicted octanol–water partition coefficient (Wildman–Crippen LogP) is 2.88. The number of ether oxygens (including phenoxy) is 2. The third-order valence-corrected chi connectivity index (χ3v) is 8.91. The molecular formula is C24H27ClF2N4O5S. The molecule has 1 aromatic carbocycles. The summed E-state index contributed by atoms with van der Waals surface area (Å²) in [6.07, 6.45) is -0.148. The van der Waals surface area contributed by atoms with Crippen molar-refractivity contribution in [1.29, 1.82) is 0 Å². The van der Waals surface area contributed by atoms with Gasteiger partial charge in [0.1, 0.15) is 17.1 Å². The first-order valence-corrected chi connectivity index (χ1v) is 13.9. The lowest BCUT2D eigenvalue weighted by Crippen LogP contribution is -2.49. The molecule has 4 heterocycles. The van der Waals surface area contributed by atoms with Crippen molar-refractivity contribution in [3.05, 3.63) is 47.1 Å². The lowest BCUT2D eigenvalue weighted by molar-refractivity contribution is -0.199. The number of carbonyl (C=O) groups excluding carboxylic acids is 1. The molecule has 0 radical (unpaired) electrons. The third kappa shape index (κ3) is 5.30. The summed E-state index contributed by atoms with van der Waals surface area (Å²) in [5, 5.41) is -0.0875. The van der Waals surface area contributed by atoms with Crippen molar-refractivity contribution < 1.29 is 31.5 Å². The summed E-state index contributed by atoms with van der Waals surface area (Å²) in [7, 11) is -3.77. The topological polar surface area (TPSA) is 92.3 Å². The number of benzene rings is 1. The fourth-order valence-corrected chi connectivity index (χ4v) is 6.37. The maximum atomic E-state index is 15.1. The van der Waals surface area contributed by atoms with E-state index in [2.05, 4.69) is 4.98 Å². The van der Waals surface area contributed by atoms with Gasteiger partial charge in [-0.1, -0.05) is 11.6 Å². The van der Waals surface area contributed by atoms with Crippen LogP contribution >= 0.6 is 11.6 Å². The molecule has 1 aromatic heterocycles. The summed E-state index contributed by atoms with van der Waals surface area (Å²) in [6.45, 7) is 1.55. The molecule has 200 valence electrons. The number of amides is 1. The fraction of sp³-hybridized carbons (Fsp3) is 0.500. The third-order valence-electron chi connectivity index (χ3n) is 6.81. The summed E-state index contributed by atoms with van der Waals surface area (Å²) in [5.41, 5.74) is 0.348. The Labute approximate surface area is 218 Å². The van der Waals surface area contributed by atoms with Gasteiger partial charge in [-0.05, 0) is 42.8 Å². The minimum Gasteiger partial charge on any atom is -0.376 e. The van der Waals surface area contributed by atoms with Crippen LogP contribution in [0.15, 0.2) is 41.3 Å². The van der Waals surface area contributed by atoms with Crippen LogP contribution in [-0.4, -0.2) is 82.3 Å². The largest absolute Gasteiger partial charge is 0.376 e.